The Balaban J connectivity index is 1.73. The quantitative estimate of drug-likeness (QED) is 0.681. The average molecular weight is 318 g/mol. The van der Waals surface area contributed by atoms with Crippen molar-refractivity contribution in [2.75, 3.05) is 0 Å². The van der Waals surface area contributed by atoms with Crippen LogP contribution in [0.3, 0.4) is 0 Å². The molecule has 21 heavy (non-hydrogen) atoms. The van der Waals surface area contributed by atoms with Crippen LogP contribution in [-0.2, 0) is 0 Å². The molecule has 0 N–H and O–H groups in total. The van der Waals surface area contributed by atoms with Crippen LogP contribution in [0.4, 0.5) is 0 Å². The van der Waals surface area contributed by atoms with E-state index < -0.39 is 0 Å². The molecular formula is C19H28P2. The number of fused-ring (bicyclic) bond motifs is 1. The van der Waals surface area contributed by atoms with Crippen molar-refractivity contribution in [3.05, 3.63) is 24.3 Å². The van der Waals surface area contributed by atoms with Gasteiger partial charge < -0.3 is 0 Å². The second-order valence-corrected chi connectivity index (χ2v) is 13.5. The molecule has 3 fully saturated rings. The van der Waals surface area contributed by atoms with Gasteiger partial charge in [-0.15, -0.1) is 0 Å². The van der Waals surface area contributed by atoms with E-state index in [1.807, 2.05) is 10.6 Å². The van der Waals surface area contributed by atoms with Gasteiger partial charge in [0, 0.05) is 0 Å². The molecule has 1 saturated carbocycles. The molecule has 0 spiro atoms. The monoisotopic (exact) mass is 318 g/mol. The molecule has 0 aromatic heterocycles. The molecule has 1 aliphatic carbocycles. The Morgan fingerprint density at radius 3 is 1.95 bits per heavy atom. The van der Waals surface area contributed by atoms with E-state index in [0.717, 1.165) is 34.5 Å². The minimum atomic E-state index is 0.0828. The van der Waals surface area contributed by atoms with E-state index in [2.05, 4.69) is 52.0 Å². The summed E-state index contributed by atoms with van der Waals surface area (Å²) in [6.45, 7) is 10.1. The van der Waals surface area contributed by atoms with Gasteiger partial charge in [0.1, 0.15) is 0 Å². The third-order valence-corrected chi connectivity index (χ3v) is 13.5. The van der Waals surface area contributed by atoms with Gasteiger partial charge in [-0.2, -0.15) is 0 Å². The first-order valence-electron chi connectivity index (χ1n) is 8.75. The average Bonchev–Trinajstić information content (AvgIpc) is 2.82. The molecule has 4 rings (SSSR count). The Labute approximate surface area is 132 Å². The topological polar surface area (TPSA) is 0 Å². The van der Waals surface area contributed by atoms with E-state index >= 15 is 0 Å². The van der Waals surface area contributed by atoms with Crippen molar-refractivity contribution in [2.45, 2.75) is 69.6 Å². The number of hydrogen-bond acceptors (Lipinski definition) is 0. The summed E-state index contributed by atoms with van der Waals surface area (Å²) in [4.78, 5) is 0. The van der Waals surface area contributed by atoms with Crippen LogP contribution in [0.15, 0.2) is 24.3 Å². The summed E-state index contributed by atoms with van der Waals surface area (Å²) in [5.41, 5.74) is 3.92. The first-order valence-corrected chi connectivity index (χ1v) is 11.7. The lowest BCUT2D eigenvalue weighted by atomic mass is 10.2. The van der Waals surface area contributed by atoms with Crippen molar-refractivity contribution in [2.24, 2.45) is 11.8 Å². The Morgan fingerprint density at radius 2 is 1.38 bits per heavy atom. The SMILES string of the molecule is C[C@@H]1C2C[C@@H](C)P(c3ccccc3P3[C@H](C)CC[C@H]3C)C21. The number of benzene rings is 1. The molecule has 3 aliphatic rings. The van der Waals surface area contributed by atoms with Crippen LogP contribution in [0, 0.1) is 11.8 Å². The van der Waals surface area contributed by atoms with E-state index in [4.69, 9.17) is 0 Å². The lowest BCUT2D eigenvalue weighted by molar-refractivity contribution is 0.677. The van der Waals surface area contributed by atoms with Gasteiger partial charge >= 0.3 is 0 Å². The molecule has 2 heterocycles. The fourth-order valence-corrected chi connectivity index (χ4v) is 13.0. The van der Waals surface area contributed by atoms with Crippen molar-refractivity contribution in [1.82, 2.24) is 0 Å². The van der Waals surface area contributed by atoms with E-state index in [0.29, 0.717) is 0 Å². The Morgan fingerprint density at radius 1 is 0.810 bits per heavy atom. The van der Waals surface area contributed by atoms with Gasteiger partial charge in [0.05, 0.1) is 0 Å². The van der Waals surface area contributed by atoms with E-state index in [1.54, 1.807) is 0 Å². The Kier molecular flexibility index (Phi) is 3.71. The van der Waals surface area contributed by atoms with Crippen molar-refractivity contribution >= 4 is 26.5 Å². The van der Waals surface area contributed by atoms with Crippen LogP contribution >= 0.6 is 15.8 Å². The maximum atomic E-state index is 2.54. The van der Waals surface area contributed by atoms with Crippen LogP contribution in [0.25, 0.3) is 0 Å². The second kappa shape index (κ2) is 5.32. The van der Waals surface area contributed by atoms with Crippen LogP contribution in [0.1, 0.15) is 47.0 Å². The van der Waals surface area contributed by atoms with Gasteiger partial charge in [-0.3, -0.25) is 0 Å². The third kappa shape index (κ3) is 2.24. The standard InChI is InChI=1S/C19H28P2/c1-12-9-10-13(2)20(12)17-7-5-6-8-18(17)21-14(3)11-16-15(4)19(16)21/h5-8,12-16,19H,9-11H2,1-4H3/t12-,13-,14-,15-,16?,19?,21?/m1/s1. The van der Waals surface area contributed by atoms with Gasteiger partial charge in [-0.05, 0) is 64.3 Å². The minimum absolute atomic E-state index is 0.0828. The molecule has 0 bridgehead atoms. The Hall–Kier alpha value is 0.0800. The zero-order valence-corrected chi connectivity index (χ0v) is 15.6. The van der Waals surface area contributed by atoms with Crippen molar-refractivity contribution < 1.29 is 0 Å². The molecule has 7 atom stereocenters. The van der Waals surface area contributed by atoms with Gasteiger partial charge in [-0.1, -0.05) is 67.8 Å². The normalized spacial score (nSPS) is 45.8. The van der Waals surface area contributed by atoms with Gasteiger partial charge in [0.2, 0.25) is 0 Å². The molecule has 114 valence electrons. The van der Waals surface area contributed by atoms with Gasteiger partial charge in [0.15, 0.2) is 0 Å². The molecule has 2 aliphatic heterocycles. The highest BCUT2D eigenvalue weighted by atomic mass is 31.1. The first-order chi connectivity index (χ1) is 10.1. The predicted octanol–water partition coefficient (Wildman–Crippen LogP) is 4.90. The second-order valence-electron chi connectivity index (χ2n) is 7.68. The summed E-state index contributed by atoms with van der Waals surface area (Å²) in [5.74, 6) is 2.09. The van der Waals surface area contributed by atoms with Crippen LogP contribution < -0.4 is 10.6 Å². The minimum Gasteiger partial charge on any atom is -0.0688 e. The smallest absolute Gasteiger partial charge is 0.0106 e. The maximum Gasteiger partial charge on any atom is -0.0106 e. The van der Waals surface area contributed by atoms with Crippen LogP contribution in [-0.4, -0.2) is 22.6 Å². The summed E-state index contributed by atoms with van der Waals surface area (Å²) >= 11 is 0. The zero-order chi connectivity index (χ0) is 14.7. The zero-order valence-electron chi connectivity index (χ0n) is 13.8. The molecule has 0 nitrogen and oxygen atoms in total. The summed E-state index contributed by atoms with van der Waals surface area (Å²) in [5, 5.41) is 3.63. The van der Waals surface area contributed by atoms with Crippen LogP contribution in [0.2, 0.25) is 0 Å². The predicted molar refractivity (Wildman–Crippen MR) is 98.2 cm³/mol. The summed E-state index contributed by atoms with van der Waals surface area (Å²) in [6, 6.07) is 9.65. The lowest BCUT2D eigenvalue weighted by Crippen LogP contribution is -2.28. The fraction of sp³-hybridized carbons (Fsp3) is 0.684. The summed E-state index contributed by atoms with van der Waals surface area (Å²) in [7, 11) is 0.196. The molecule has 2 heteroatoms. The van der Waals surface area contributed by atoms with Gasteiger partial charge in [0.25, 0.3) is 0 Å². The van der Waals surface area contributed by atoms with Gasteiger partial charge in [-0.25, -0.2) is 0 Å². The molecule has 2 saturated heterocycles. The highest BCUT2D eigenvalue weighted by molar-refractivity contribution is 7.73. The largest absolute Gasteiger partial charge is 0.0688 e. The molecule has 1 aromatic rings. The molecule has 1 aromatic carbocycles. The fourth-order valence-electron chi connectivity index (χ4n) is 5.11. The number of rotatable bonds is 2. The molecule has 3 unspecified atom stereocenters. The van der Waals surface area contributed by atoms with Crippen molar-refractivity contribution in [1.29, 1.82) is 0 Å². The number of hydrogen-bond donors (Lipinski definition) is 0. The van der Waals surface area contributed by atoms with E-state index in [1.165, 1.54) is 19.3 Å². The third-order valence-electron chi connectivity index (χ3n) is 6.31. The highest BCUT2D eigenvalue weighted by Gasteiger charge is 2.58. The summed E-state index contributed by atoms with van der Waals surface area (Å²) < 4.78 is 0. The highest BCUT2D eigenvalue weighted by Crippen LogP contribution is 2.72. The Bertz CT molecular complexity index is 530. The molecule has 0 amide bonds. The van der Waals surface area contributed by atoms with E-state index in [-0.39, 0.29) is 15.8 Å². The molecule has 0 radical (unpaired) electrons. The summed E-state index contributed by atoms with van der Waals surface area (Å²) in [6.07, 6.45) is 4.42. The van der Waals surface area contributed by atoms with Crippen molar-refractivity contribution in [3.63, 3.8) is 0 Å². The van der Waals surface area contributed by atoms with Crippen LogP contribution in [0.5, 0.6) is 0 Å². The van der Waals surface area contributed by atoms with Crippen molar-refractivity contribution in [3.8, 4) is 0 Å². The molecular weight excluding hydrogens is 290 g/mol. The van der Waals surface area contributed by atoms with E-state index in [9.17, 15) is 0 Å². The maximum absolute atomic E-state index is 2.54. The lowest BCUT2D eigenvalue weighted by Gasteiger charge is -2.29. The first kappa shape index (κ1) is 14.7.